The molecular weight excluding hydrogens is 411 g/mol. The van der Waals surface area contributed by atoms with Crippen LogP contribution in [0.3, 0.4) is 0 Å². The predicted molar refractivity (Wildman–Crippen MR) is 114 cm³/mol. The maximum atomic E-state index is 12.7. The van der Waals surface area contributed by atoms with Gasteiger partial charge in [-0.25, -0.2) is 9.59 Å². The van der Waals surface area contributed by atoms with Crippen LogP contribution >= 0.6 is 7.60 Å². The van der Waals surface area contributed by atoms with Crippen LogP contribution in [0.5, 0.6) is 0 Å². The van der Waals surface area contributed by atoms with Crippen LogP contribution in [0.2, 0.25) is 0 Å². The Bertz CT molecular complexity index is 729. The highest BCUT2D eigenvalue weighted by molar-refractivity contribution is 7.53. The molecule has 0 N–H and O–H groups in total. The lowest BCUT2D eigenvalue weighted by atomic mass is 10.2. The summed E-state index contributed by atoms with van der Waals surface area (Å²) in [5.41, 5.74) is -1.04. The molecule has 10 heteroatoms. The number of anilines is 1. The minimum Gasteiger partial charge on any atom is -0.443 e. The van der Waals surface area contributed by atoms with E-state index in [9.17, 15) is 14.2 Å². The maximum absolute atomic E-state index is 12.7. The van der Waals surface area contributed by atoms with Crippen molar-refractivity contribution in [2.45, 2.75) is 72.8 Å². The molecule has 1 aromatic heterocycles. The number of amides is 2. The third-order valence-electron chi connectivity index (χ3n) is 3.23. The number of carbonyl (C=O) groups excluding carboxylic acids is 2. The van der Waals surface area contributed by atoms with E-state index in [0.29, 0.717) is 5.69 Å². The molecule has 0 saturated carbocycles. The van der Waals surface area contributed by atoms with E-state index in [1.807, 2.05) is 0 Å². The molecule has 0 aliphatic heterocycles. The number of ether oxygens (including phenoxy) is 2. The summed E-state index contributed by atoms with van der Waals surface area (Å²) in [4.78, 5) is 30.3. The van der Waals surface area contributed by atoms with Crippen molar-refractivity contribution in [2.24, 2.45) is 0 Å². The first-order valence-electron chi connectivity index (χ1n) is 9.79. The molecule has 1 aromatic rings. The van der Waals surface area contributed by atoms with Crippen molar-refractivity contribution >= 4 is 25.5 Å². The monoisotopic (exact) mass is 444 g/mol. The number of carbonyl (C=O) groups is 2. The Labute approximate surface area is 178 Å². The summed E-state index contributed by atoms with van der Waals surface area (Å²) < 4.78 is 33.9. The molecular formula is C20H33N2O7P. The number of pyridine rings is 1. The summed E-state index contributed by atoms with van der Waals surface area (Å²) in [6.07, 6.45) is -0.500. The van der Waals surface area contributed by atoms with E-state index < -0.39 is 31.0 Å². The van der Waals surface area contributed by atoms with Crippen molar-refractivity contribution in [3.05, 3.63) is 24.0 Å². The summed E-state index contributed by atoms with van der Waals surface area (Å²) in [7, 11) is -3.33. The Kier molecular flexibility index (Phi) is 9.02. The van der Waals surface area contributed by atoms with Crippen LogP contribution in [0.25, 0.3) is 0 Å². The van der Waals surface area contributed by atoms with E-state index in [4.69, 9.17) is 18.5 Å². The van der Waals surface area contributed by atoms with Crippen molar-refractivity contribution < 1.29 is 32.7 Å². The Hall–Kier alpha value is -1.96. The first-order valence-corrected chi connectivity index (χ1v) is 11.5. The zero-order valence-electron chi connectivity index (χ0n) is 19.1. The Morgan fingerprint density at radius 3 is 1.73 bits per heavy atom. The Morgan fingerprint density at radius 1 is 0.933 bits per heavy atom. The standard InChI is InChI=1S/C20H33N2O7P/c1-9-26-30(25,27-10-2)14-15-11-12-16(13-21-15)22(17(23)28-19(3,4)5)18(24)29-20(6,7)8/h11-13H,9-10,14H2,1-8H3. The molecule has 0 aliphatic carbocycles. The van der Waals surface area contributed by atoms with Gasteiger partial charge in [-0.1, -0.05) is 0 Å². The average Bonchev–Trinajstić information content (AvgIpc) is 2.53. The predicted octanol–water partition coefficient (Wildman–Crippen LogP) is 5.52. The number of hydrogen-bond acceptors (Lipinski definition) is 8. The molecule has 0 unspecified atom stereocenters. The van der Waals surface area contributed by atoms with Gasteiger partial charge >= 0.3 is 19.8 Å². The Balaban J connectivity index is 3.17. The van der Waals surface area contributed by atoms with E-state index in [0.717, 1.165) is 4.90 Å². The fourth-order valence-electron chi connectivity index (χ4n) is 2.26. The zero-order chi connectivity index (χ0) is 23.2. The molecule has 0 aliphatic rings. The molecule has 0 spiro atoms. The summed E-state index contributed by atoms with van der Waals surface area (Å²) in [5, 5.41) is 0. The van der Waals surface area contributed by atoms with E-state index in [-0.39, 0.29) is 25.1 Å². The number of rotatable bonds is 7. The molecule has 0 saturated heterocycles. The molecule has 2 amide bonds. The molecule has 1 rings (SSSR count). The van der Waals surface area contributed by atoms with E-state index >= 15 is 0 Å². The average molecular weight is 444 g/mol. The van der Waals surface area contributed by atoms with E-state index in [1.54, 1.807) is 61.5 Å². The van der Waals surface area contributed by atoms with Crippen molar-refractivity contribution in [1.29, 1.82) is 0 Å². The Morgan fingerprint density at radius 2 is 1.40 bits per heavy atom. The number of imide groups is 1. The first-order chi connectivity index (χ1) is 13.7. The second-order valence-electron chi connectivity index (χ2n) is 8.41. The molecule has 0 atom stereocenters. The van der Waals surface area contributed by atoms with Gasteiger partial charge in [-0.3, -0.25) is 9.55 Å². The lowest BCUT2D eigenvalue weighted by Crippen LogP contribution is -2.43. The number of nitrogens with zero attached hydrogens (tertiary/aromatic N) is 2. The molecule has 9 nitrogen and oxygen atoms in total. The molecule has 30 heavy (non-hydrogen) atoms. The van der Waals surface area contributed by atoms with Gasteiger partial charge in [-0.2, -0.15) is 4.90 Å². The van der Waals surface area contributed by atoms with Gasteiger partial charge in [0.15, 0.2) is 0 Å². The highest BCUT2D eigenvalue weighted by Crippen LogP contribution is 2.50. The van der Waals surface area contributed by atoms with Gasteiger partial charge in [0, 0.05) is 0 Å². The van der Waals surface area contributed by atoms with Crippen molar-refractivity contribution in [2.75, 3.05) is 18.1 Å². The molecule has 0 bridgehead atoms. The molecule has 170 valence electrons. The second-order valence-corrected chi connectivity index (χ2v) is 10.5. The molecule has 1 heterocycles. The van der Waals surface area contributed by atoms with Crippen LogP contribution in [0, 0.1) is 0 Å². The van der Waals surface area contributed by atoms with Crippen LogP contribution in [0.15, 0.2) is 18.3 Å². The SMILES string of the molecule is CCOP(=O)(Cc1ccc(N(C(=O)OC(C)(C)C)C(=O)OC(C)(C)C)cn1)OCC. The third-order valence-corrected chi connectivity index (χ3v) is 5.24. The lowest BCUT2D eigenvalue weighted by Gasteiger charge is -2.28. The van der Waals surface area contributed by atoms with Gasteiger partial charge in [0.25, 0.3) is 0 Å². The summed E-state index contributed by atoms with van der Waals surface area (Å²) >= 11 is 0. The van der Waals surface area contributed by atoms with Gasteiger partial charge in [0.1, 0.15) is 11.2 Å². The van der Waals surface area contributed by atoms with Gasteiger partial charge < -0.3 is 18.5 Å². The largest absolute Gasteiger partial charge is 0.443 e. The fraction of sp³-hybridized carbons (Fsp3) is 0.650. The highest BCUT2D eigenvalue weighted by Gasteiger charge is 2.33. The third kappa shape index (κ3) is 8.81. The quantitative estimate of drug-likeness (QED) is 0.506. The van der Waals surface area contributed by atoms with Gasteiger partial charge in [0.2, 0.25) is 0 Å². The smallest absolute Gasteiger partial charge is 0.424 e. The number of aromatic nitrogens is 1. The van der Waals surface area contributed by atoms with Crippen molar-refractivity contribution in [3.8, 4) is 0 Å². The highest BCUT2D eigenvalue weighted by atomic mass is 31.2. The normalized spacial score (nSPS) is 12.4. The maximum Gasteiger partial charge on any atom is 0.424 e. The molecule has 0 aromatic carbocycles. The fourth-order valence-corrected chi connectivity index (χ4v) is 3.89. The first kappa shape index (κ1) is 26.1. The van der Waals surface area contributed by atoms with Gasteiger partial charge in [-0.15, -0.1) is 0 Å². The number of hydrogen-bond donors (Lipinski definition) is 0. The second kappa shape index (κ2) is 10.4. The summed E-state index contributed by atoms with van der Waals surface area (Å²) in [6.45, 7) is 14.1. The molecule has 0 fully saturated rings. The van der Waals surface area contributed by atoms with Gasteiger partial charge in [-0.05, 0) is 67.5 Å². The minimum atomic E-state index is -3.33. The van der Waals surface area contributed by atoms with E-state index in [2.05, 4.69) is 4.98 Å². The van der Waals surface area contributed by atoms with Crippen LogP contribution < -0.4 is 4.90 Å². The van der Waals surface area contributed by atoms with Crippen molar-refractivity contribution in [1.82, 2.24) is 4.98 Å². The summed E-state index contributed by atoms with van der Waals surface area (Å²) in [6, 6.07) is 3.04. The topological polar surface area (TPSA) is 104 Å². The van der Waals surface area contributed by atoms with Crippen LogP contribution in [-0.2, 0) is 29.2 Å². The minimum absolute atomic E-state index is 0.0339. The molecule has 0 radical (unpaired) electrons. The van der Waals surface area contributed by atoms with Gasteiger partial charge in [0.05, 0.1) is 37.0 Å². The summed E-state index contributed by atoms with van der Waals surface area (Å²) in [5.74, 6) is 0. The van der Waals surface area contributed by atoms with Crippen LogP contribution in [0.4, 0.5) is 15.3 Å². The zero-order valence-corrected chi connectivity index (χ0v) is 19.9. The van der Waals surface area contributed by atoms with Crippen LogP contribution in [-0.4, -0.2) is 41.6 Å². The van der Waals surface area contributed by atoms with Crippen molar-refractivity contribution in [3.63, 3.8) is 0 Å². The lowest BCUT2D eigenvalue weighted by molar-refractivity contribution is 0.0430. The van der Waals surface area contributed by atoms with E-state index in [1.165, 1.54) is 12.3 Å². The van der Waals surface area contributed by atoms with Crippen LogP contribution in [0.1, 0.15) is 61.1 Å².